The van der Waals surface area contributed by atoms with Crippen LogP contribution in [0.2, 0.25) is 0 Å². The van der Waals surface area contributed by atoms with Crippen molar-refractivity contribution in [1.29, 1.82) is 0 Å². The van der Waals surface area contributed by atoms with E-state index < -0.39 is 35.4 Å². The van der Waals surface area contributed by atoms with Crippen molar-refractivity contribution >= 4 is 23.3 Å². The van der Waals surface area contributed by atoms with Crippen LogP contribution in [0, 0.1) is 17.5 Å². The van der Waals surface area contributed by atoms with Gasteiger partial charge in [0.1, 0.15) is 17.5 Å². The molecule has 0 aliphatic carbocycles. The normalized spacial score (nSPS) is 11.7. The Morgan fingerprint density at radius 1 is 1.08 bits per heavy atom. The lowest BCUT2D eigenvalue weighted by Crippen LogP contribution is -2.30. The second-order valence-electron chi connectivity index (χ2n) is 4.89. The average Bonchev–Trinajstić information content (AvgIpc) is 2.49. The van der Waals surface area contributed by atoms with Crippen LogP contribution < -0.4 is 11.1 Å². The summed E-state index contributed by atoms with van der Waals surface area (Å²) in [5.41, 5.74) is 5.00. The predicted octanol–water partition coefficient (Wildman–Crippen LogP) is 2.87. The van der Waals surface area contributed by atoms with Gasteiger partial charge >= 0.3 is 5.97 Å². The van der Waals surface area contributed by atoms with Crippen molar-refractivity contribution in [2.24, 2.45) is 0 Å². The molecule has 2 rings (SSSR count). The number of nitrogens with one attached hydrogen (secondary N) is 1. The van der Waals surface area contributed by atoms with Gasteiger partial charge in [0.25, 0.3) is 5.91 Å². The third kappa shape index (κ3) is 4.03. The fraction of sp³-hybridized carbons (Fsp3) is 0.125. The van der Waals surface area contributed by atoms with Crippen molar-refractivity contribution in [3.63, 3.8) is 0 Å². The van der Waals surface area contributed by atoms with Crippen molar-refractivity contribution in [3.8, 4) is 0 Å². The lowest BCUT2D eigenvalue weighted by molar-refractivity contribution is -0.123. The molecule has 0 heterocycles. The standard InChI is InChI=1S/C16H13F3N2O3/c1-8(15(22)21-14-5-3-9(17)6-12(14)19)24-16(23)11-4-2-10(18)7-13(11)20/h2-8H,20H2,1H3,(H,21,22)/t8-/m0/s1. The van der Waals surface area contributed by atoms with E-state index in [1.54, 1.807) is 0 Å². The molecule has 1 amide bonds. The first kappa shape index (κ1) is 17.3. The van der Waals surface area contributed by atoms with Crippen molar-refractivity contribution in [2.75, 3.05) is 11.1 Å². The fourth-order valence-electron chi connectivity index (χ4n) is 1.82. The smallest absolute Gasteiger partial charge is 0.341 e. The summed E-state index contributed by atoms with van der Waals surface area (Å²) in [6.07, 6.45) is -1.29. The molecule has 8 heteroatoms. The minimum atomic E-state index is -1.29. The second-order valence-corrected chi connectivity index (χ2v) is 4.89. The van der Waals surface area contributed by atoms with Crippen molar-refractivity contribution in [2.45, 2.75) is 13.0 Å². The summed E-state index contributed by atoms with van der Waals surface area (Å²) in [5.74, 6) is -4.15. The molecule has 1 atom stereocenters. The predicted molar refractivity (Wildman–Crippen MR) is 80.7 cm³/mol. The number of carbonyl (C=O) groups is 2. The molecule has 0 bridgehead atoms. The van der Waals surface area contributed by atoms with Gasteiger partial charge in [-0.05, 0) is 37.3 Å². The number of rotatable bonds is 4. The highest BCUT2D eigenvalue weighted by Crippen LogP contribution is 2.17. The van der Waals surface area contributed by atoms with Gasteiger partial charge in [0, 0.05) is 11.8 Å². The lowest BCUT2D eigenvalue weighted by Gasteiger charge is -2.14. The van der Waals surface area contributed by atoms with E-state index >= 15 is 0 Å². The molecule has 0 aromatic heterocycles. The summed E-state index contributed by atoms with van der Waals surface area (Å²) >= 11 is 0. The highest BCUT2D eigenvalue weighted by atomic mass is 19.1. The molecule has 0 saturated heterocycles. The molecule has 0 unspecified atom stereocenters. The number of esters is 1. The second kappa shape index (κ2) is 7.03. The molecule has 24 heavy (non-hydrogen) atoms. The number of halogens is 3. The number of carbonyl (C=O) groups excluding carboxylic acids is 2. The monoisotopic (exact) mass is 338 g/mol. The zero-order valence-corrected chi connectivity index (χ0v) is 12.5. The lowest BCUT2D eigenvalue weighted by atomic mass is 10.2. The van der Waals surface area contributed by atoms with Crippen LogP contribution in [0.25, 0.3) is 0 Å². The Hall–Kier alpha value is -3.03. The summed E-state index contributed by atoms with van der Waals surface area (Å²) < 4.78 is 44.1. The van der Waals surface area contributed by atoms with Gasteiger partial charge in [-0.15, -0.1) is 0 Å². The van der Waals surface area contributed by atoms with Crippen LogP contribution >= 0.6 is 0 Å². The molecule has 0 aliphatic heterocycles. The van der Waals surface area contributed by atoms with E-state index in [0.717, 1.165) is 30.3 Å². The summed E-state index contributed by atoms with van der Waals surface area (Å²) in [4.78, 5) is 23.8. The van der Waals surface area contributed by atoms with Crippen LogP contribution in [-0.2, 0) is 9.53 Å². The highest BCUT2D eigenvalue weighted by Gasteiger charge is 2.21. The van der Waals surface area contributed by atoms with Crippen LogP contribution in [0.5, 0.6) is 0 Å². The maximum atomic E-state index is 13.5. The van der Waals surface area contributed by atoms with E-state index in [0.29, 0.717) is 6.07 Å². The number of anilines is 2. The van der Waals surface area contributed by atoms with Crippen molar-refractivity contribution < 1.29 is 27.5 Å². The van der Waals surface area contributed by atoms with E-state index in [2.05, 4.69) is 5.32 Å². The molecule has 0 saturated carbocycles. The van der Waals surface area contributed by atoms with Gasteiger partial charge in [0.2, 0.25) is 0 Å². The minimum absolute atomic E-state index is 0.107. The van der Waals surface area contributed by atoms with E-state index in [1.807, 2.05) is 0 Å². The van der Waals surface area contributed by atoms with Crippen LogP contribution in [0.4, 0.5) is 24.5 Å². The number of ether oxygens (including phenoxy) is 1. The first-order valence-electron chi connectivity index (χ1n) is 6.80. The fourth-order valence-corrected chi connectivity index (χ4v) is 1.82. The number of amides is 1. The quantitative estimate of drug-likeness (QED) is 0.663. The van der Waals surface area contributed by atoms with Gasteiger partial charge in [-0.1, -0.05) is 0 Å². The van der Waals surface area contributed by atoms with Gasteiger partial charge in [0.15, 0.2) is 6.10 Å². The van der Waals surface area contributed by atoms with Gasteiger partial charge in [-0.25, -0.2) is 18.0 Å². The van der Waals surface area contributed by atoms with E-state index in [4.69, 9.17) is 10.5 Å². The number of hydrogen-bond donors (Lipinski definition) is 2. The Morgan fingerprint density at radius 2 is 1.71 bits per heavy atom. The Balaban J connectivity index is 2.04. The molecule has 5 nitrogen and oxygen atoms in total. The molecule has 0 radical (unpaired) electrons. The molecule has 2 aromatic rings. The Bertz CT molecular complexity index is 796. The number of benzene rings is 2. The van der Waals surface area contributed by atoms with Crippen LogP contribution in [0.3, 0.4) is 0 Å². The van der Waals surface area contributed by atoms with Gasteiger partial charge in [-0.3, -0.25) is 4.79 Å². The topological polar surface area (TPSA) is 81.4 Å². The zero-order valence-electron chi connectivity index (χ0n) is 12.5. The zero-order chi connectivity index (χ0) is 17.9. The highest BCUT2D eigenvalue weighted by molar-refractivity contribution is 5.99. The summed E-state index contributed by atoms with van der Waals surface area (Å²) in [7, 11) is 0. The Labute approximate surface area is 135 Å². The van der Waals surface area contributed by atoms with Crippen LogP contribution in [-0.4, -0.2) is 18.0 Å². The molecule has 126 valence electrons. The number of hydrogen-bond acceptors (Lipinski definition) is 4. The molecule has 0 fully saturated rings. The molecule has 0 spiro atoms. The van der Waals surface area contributed by atoms with Crippen molar-refractivity contribution in [1.82, 2.24) is 0 Å². The first-order chi connectivity index (χ1) is 11.3. The molecule has 0 aliphatic rings. The van der Waals surface area contributed by atoms with E-state index in [1.165, 1.54) is 6.92 Å². The largest absolute Gasteiger partial charge is 0.449 e. The maximum Gasteiger partial charge on any atom is 0.341 e. The maximum absolute atomic E-state index is 13.5. The van der Waals surface area contributed by atoms with Gasteiger partial charge in [0.05, 0.1) is 11.3 Å². The Morgan fingerprint density at radius 3 is 2.33 bits per heavy atom. The molecule has 2 aromatic carbocycles. The Kier molecular flexibility index (Phi) is 5.08. The number of nitrogen functional groups attached to an aromatic ring is 1. The summed E-state index contributed by atoms with van der Waals surface area (Å²) in [5, 5.41) is 2.17. The third-order valence-corrected chi connectivity index (χ3v) is 3.08. The van der Waals surface area contributed by atoms with Gasteiger partial charge < -0.3 is 15.8 Å². The summed E-state index contributed by atoms with van der Waals surface area (Å²) in [6.45, 7) is 1.26. The van der Waals surface area contributed by atoms with E-state index in [9.17, 15) is 22.8 Å². The van der Waals surface area contributed by atoms with Crippen LogP contribution in [0.15, 0.2) is 36.4 Å². The van der Waals surface area contributed by atoms with Crippen molar-refractivity contribution in [3.05, 3.63) is 59.4 Å². The van der Waals surface area contributed by atoms with E-state index in [-0.39, 0.29) is 16.9 Å². The SMILES string of the molecule is C[C@H](OC(=O)c1ccc(F)cc1N)C(=O)Nc1ccc(F)cc1F. The molecular weight excluding hydrogens is 325 g/mol. The number of nitrogens with two attached hydrogens (primary N) is 1. The average molecular weight is 338 g/mol. The first-order valence-corrected chi connectivity index (χ1v) is 6.80. The third-order valence-electron chi connectivity index (χ3n) is 3.08. The van der Waals surface area contributed by atoms with Gasteiger partial charge in [-0.2, -0.15) is 0 Å². The van der Waals surface area contributed by atoms with Crippen LogP contribution in [0.1, 0.15) is 17.3 Å². The molecular formula is C16H13F3N2O3. The summed E-state index contributed by atoms with van der Waals surface area (Å²) in [6, 6.07) is 5.69. The molecule has 3 N–H and O–H groups in total. The minimum Gasteiger partial charge on any atom is -0.449 e.